The predicted octanol–water partition coefficient (Wildman–Crippen LogP) is 2.52. The zero-order valence-electron chi connectivity index (χ0n) is 11.7. The Labute approximate surface area is 109 Å². The van der Waals surface area contributed by atoms with Crippen LogP contribution < -0.4 is 0 Å². The van der Waals surface area contributed by atoms with Crippen molar-refractivity contribution in [2.75, 3.05) is 6.54 Å². The summed E-state index contributed by atoms with van der Waals surface area (Å²) in [5.41, 5.74) is 0. The lowest BCUT2D eigenvalue weighted by Crippen LogP contribution is -2.49. The molecule has 0 unspecified atom stereocenters. The lowest BCUT2D eigenvalue weighted by atomic mass is 9.89. The molecule has 1 saturated heterocycles. The van der Waals surface area contributed by atoms with E-state index in [2.05, 4.69) is 13.8 Å². The van der Waals surface area contributed by atoms with Crippen LogP contribution in [0, 0.1) is 11.8 Å². The molecule has 0 aromatic heterocycles. The summed E-state index contributed by atoms with van der Waals surface area (Å²) >= 11 is 0. The molecule has 0 aliphatic carbocycles. The maximum absolute atomic E-state index is 12.2. The van der Waals surface area contributed by atoms with Crippen LogP contribution in [0.4, 0.5) is 0 Å². The van der Waals surface area contributed by atoms with E-state index in [-0.39, 0.29) is 11.9 Å². The molecule has 1 N–H and O–H groups in total. The number of piperidine rings is 1. The van der Waals surface area contributed by atoms with Crippen molar-refractivity contribution < 1.29 is 14.7 Å². The summed E-state index contributed by atoms with van der Waals surface area (Å²) in [7, 11) is 0. The zero-order valence-corrected chi connectivity index (χ0v) is 11.7. The van der Waals surface area contributed by atoms with Crippen molar-refractivity contribution >= 4 is 11.9 Å². The number of carboxylic acid groups (broad SMARTS) is 1. The fourth-order valence-electron chi connectivity index (χ4n) is 2.77. The summed E-state index contributed by atoms with van der Waals surface area (Å²) in [6.07, 6.45) is 4.06. The number of likely N-dealkylation sites (tertiary alicyclic amines) is 1. The van der Waals surface area contributed by atoms with Crippen molar-refractivity contribution in [3.63, 3.8) is 0 Å². The normalized spacial score (nSPS) is 24.3. The van der Waals surface area contributed by atoms with Gasteiger partial charge in [0.1, 0.15) is 0 Å². The van der Waals surface area contributed by atoms with Gasteiger partial charge in [0, 0.05) is 19.0 Å². The topological polar surface area (TPSA) is 57.6 Å². The second-order valence-corrected chi connectivity index (χ2v) is 5.30. The van der Waals surface area contributed by atoms with Crippen molar-refractivity contribution in [2.24, 2.45) is 11.8 Å². The van der Waals surface area contributed by atoms with E-state index < -0.39 is 11.9 Å². The van der Waals surface area contributed by atoms with Crippen molar-refractivity contribution in [3.05, 3.63) is 0 Å². The first-order chi connectivity index (χ1) is 8.51. The second-order valence-electron chi connectivity index (χ2n) is 5.30. The van der Waals surface area contributed by atoms with Crippen LogP contribution in [-0.4, -0.2) is 34.5 Å². The number of nitrogens with zero attached hydrogens (tertiary/aromatic N) is 1. The highest BCUT2D eigenvalue weighted by Crippen LogP contribution is 2.25. The van der Waals surface area contributed by atoms with Gasteiger partial charge in [-0.15, -0.1) is 0 Å². The van der Waals surface area contributed by atoms with Crippen LogP contribution in [0.1, 0.15) is 52.9 Å². The smallest absolute Gasteiger partial charge is 0.308 e. The molecule has 1 heterocycles. The first kappa shape index (κ1) is 15.0. The molecule has 1 aliphatic heterocycles. The molecular weight excluding hydrogens is 230 g/mol. The summed E-state index contributed by atoms with van der Waals surface area (Å²) < 4.78 is 0. The molecule has 1 rings (SSSR count). The number of carbonyl (C=O) groups excluding carboxylic acids is 1. The number of amides is 1. The van der Waals surface area contributed by atoms with E-state index in [1.54, 1.807) is 4.90 Å². The molecule has 0 bridgehead atoms. The molecule has 104 valence electrons. The summed E-state index contributed by atoms with van der Waals surface area (Å²) in [5.74, 6) is -0.621. The standard InChI is InChI=1S/C14H25NO3/c1-4-11(5-2)9-13(16)15-8-6-7-12(10(15)3)14(17)18/h10-12H,4-9H2,1-3H3,(H,17,18)/t10-,12-/m0/s1. The third-order valence-corrected chi connectivity index (χ3v) is 4.24. The summed E-state index contributed by atoms with van der Waals surface area (Å²) in [5, 5.41) is 9.14. The summed E-state index contributed by atoms with van der Waals surface area (Å²) in [6, 6.07) is -0.168. The van der Waals surface area contributed by atoms with Gasteiger partial charge in [0.2, 0.25) is 5.91 Å². The first-order valence-corrected chi connectivity index (χ1v) is 7.03. The Balaban J connectivity index is 2.64. The van der Waals surface area contributed by atoms with Crippen molar-refractivity contribution in [1.82, 2.24) is 4.90 Å². The van der Waals surface area contributed by atoms with Gasteiger partial charge in [-0.2, -0.15) is 0 Å². The number of rotatable bonds is 5. The average molecular weight is 255 g/mol. The maximum atomic E-state index is 12.2. The molecule has 0 aromatic rings. The summed E-state index contributed by atoms with van der Waals surface area (Å²) in [4.78, 5) is 25.1. The van der Waals surface area contributed by atoms with Crippen molar-refractivity contribution in [3.8, 4) is 0 Å². The van der Waals surface area contributed by atoms with E-state index in [9.17, 15) is 9.59 Å². The average Bonchev–Trinajstić information content (AvgIpc) is 2.35. The number of hydrogen-bond donors (Lipinski definition) is 1. The van der Waals surface area contributed by atoms with E-state index in [1.165, 1.54) is 0 Å². The van der Waals surface area contributed by atoms with Crippen molar-refractivity contribution in [2.45, 2.75) is 58.9 Å². The van der Waals surface area contributed by atoms with Crippen LogP contribution in [0.25, 0.3) is 0 Å². The van der Waals surface area contributed by atoms with Crippen LogP contribution in [0.2, 0.25) is 0 Å². The van der Waals surface area contributed by atoms with E-state index in [1.807, 2.05) is 6.92 Å². The molecule has 2 atom stereocenters. The molecule has 1 amide bonds. The number of carbonyl (C=O) groups is 2. The maximum Gasteiger partial charge on any atom is 0.308 e. The van der Waals surface area contributed by atoms with Gasteiger partial charge in [0.05, 0.1) is 5.92 Å². The third-order valence-electron chi connectivity index (χ3n) is 4.24. The third kappa shape index (κ3) is 3.47. The van der Waals surface area contributed by atoms with Gasteiger partial charge in [-0.25, -0.2) is 0 Å². The highest BCUT2D eigenvalue weighted by atomic mass is 16.4. The van der Waals surface area contributed by atoms with Crippen molar-refractivity contribution in [1.29, 1.82) is 0 Å². The molecule has 4 heteroatoms. The largest absolute Gasteiger partial charge is 0.481 e. The van der Waals surface area contributed by atoms with E-state index >= 15 is 0 Å². The van der Waals surface area contributed by atoms with Gasteiger partial charge < -0.3 is 10.0 Å². The SMILES string of the molecule is CCC(CC)CC(=O)N1CCC[C@H](C(=O)O)[C@@H]1C. The van der Waals surface area contributed by atoms with Gasteiger partial charge in [-0.05, 0) is 25.7 Å². The quantitative estimate of drug-likeness (QED) is 0.821. The van der Waals surface area contributed by atoms with E-state index in [0.717, 1.165) is 19.3 Å². The highest BCUT2D eigenvalue weighted by Gasteiger charge is 2.35. The monoisotopic (exact) mass is 255 g/mol. The number of hydrogen-bond acceptors (Lipinski definition) is 2. The Morgan fingerprint density at radius 3 is 2.44 bits per heavy atom. The van der Waals surface area contributed by atoms with Gasteiger partial charge in [0.15, 0.2) is 0 Å². The zero-order chi connectivity index (χ0) is 13.7. The van der Waals surface area contributed by atoms with Crippen LogP contribution in [0.3, 0.4) is 0 Å². The molecule has 0 spiro atoms. The Bertz CT molecular complexity index is 299. The van der Waals surface area contributed by atoms with Gasteiger partial charge in [-0.3, -0.25) is 9.59 Å². The Morgan fingerprint density at radius 2 is 1.94 bits per heavy atom. The minimum atomic E-state index is -0.775. The van der Waals surface area contributed by atoms with Gasteiger partial charge in [0.25, 0.3) is 0 Å². The number of carboxylic acids is 1. The van der Waals surface area contributed by atoms with Crippen LogP contribution in [-0.2, 0) is 9.59 Å². The highest BCUT2D eigenvalue weighted by molar-refractivity contribution is 5.78. The minimum absolute atomic E-state index is 0.127. The number of aliphatic carboxylic acids is 1. The molecule has 0 saturated carbocycles. The fraction of sp³-hybridized carbons (Fsp3) is 0.857. The van der Waals surface area contributed by atoms with Gasteiger partial charge in [-0.1, -0.05) is 26.7 Å². The van der Waals surface area contributed by atoms with E-state index in [0.29, 0.717) is 25.3 Å². The lowest BCUT2D eigenvalue weighted by Gasteiger charge is -2.38. The lowest BCUT2D eigenvalue weighted by molar-refractivity contribution is -0.149. The second kappa shape index (κ2) is 6.76. The summed E-state index contributed by atoms with van der Waals surface area (Å²) in [6.45, 7) is 6.77. The minimum Gasteiger partial charge on any atom is -0.481 e. The molecule has 4 nitrogen and oxygen atoms in total. The molecule has 0 radical (unpaired) electrons. The molecule has 1 aliphatic rings. The molecular formula is C14H25NO3. The van der Waals surface area contributed by atoms with E-state index in [4.69, 9.17) is 5.11 Å². The molecule has 0 aromatic carbocycles. The van der Waals surface area contributed by atoms with Gasteiger partial charge >= 0.3 is 5.97 Å². The molecule has 1 fully saturated rings. The first-order valence-electron chi connectivity index (χ1n) is 7.03. The fourth-order valence-corrected chi connectivity index (χ4v) is 2.77. The Morgan fingerprint density at radius 1 is 1.33 bits per heavy atom. The van der Waals surface area contributed by atoms with Crippen LogP contribution in [0.15, 0.2) is 0 Å². The predicted molar refractivity (Wildman–Crippen MR) is 70.2 cm³/mol. The van der Waals surface area contributed by atoms with Crippen LogP contribution in [0.5, 0.6) is 0 Å². The Hall–Kier alpha value is -1.06. The van der Waals surface area contributed by atoms with Crippen LogP contribution >= 0.6 is 0 Å². The molecule has 18 heavy (non-hydrogen) atoms. The Kier molecular flexibility index (Phi) is 5.63.